The minimum Gasteiger partial charge on any atom is -0.370 e. The van der Waals surface area contributed by atoms with Crippen LogP contribution >= 0.6 is 11.6 Å². The third-order valence-electron chi connectivity index (χ3n) is 2.31. The number of hydrogen-bond donors (Lipinski definition) is 1. The van der Waals surface area contributed by atoms with E-state index in [1.807, 2.05) is 20.8 Å². The Labute approximate surface area is 115 Å². The molecule has 0 aliphatic heterocycles. The van der Waals surface area contributed by atoms with Gasteiger partial charge in [-0.2, -0.15) is 13.2 Å². The van der Waals surface area contributed by atoms with Crippen LogP contribution in [0.25, 0.3) is 0 Å². The molecule has 0 aliphatic carbocycles. The van der Waals surface area contributed by atoms with Gasteiger partial charge in [0.1, 0.15) is 16.8 Å². The summed E-state index contributed by atoms with van der Waals surface area (Å²) in [4.78, 5) is 8.36. The smallest absolute Gasteiger partial charge is 0.370 e. The van der Waals surface area contributed by atoms with Crippen LogP contribution in [0.5, 0.6) is 0 Å². The Morgan fingerprint density at radius 2 is 1.84 bits per heavy atom. The molecule has 0 fully saturated rings. The first kappa shape index (κ1) is 16.0. The van der Waals surface area contributed by atoms with Gasteiger partial charge in [-0.1, -0.05) is 32.4 Å². The summed E-state index contributed by atoms with van der Waals surface area (Å²) in [5.41, 5.74) is -0.271. The lowest BCUT2D eigenvalue weighted by molar-refractivity contribution is -0.134. The lowest BCUT2D eigenvalue weighted by Crippen LogP contribution is -2.18. The molecule has 1 aromatic heterocycles. The molecule has 19 heavy (non-hydrogen) atoms. The van der Waals surface area contributed by atoms with Crippen LogP contribution in [-0.2, 0) is 5.41 Å². The first-order valence-corrected chi connectivity index (χ1v) is 6.31. The van der Waals surface area contributed by atoms with E-state index in [1.165, 1.54) is 6.07 Å². The number of halogens is 4. The molecule has 0 bridgehead atoms. The average molecular weight is 296 g/mol. The molecular formula is C12H17ClF3N3. The highest BCUT2D eigenvalue weighted by Gasteiger charge is 2.26. The zero-order valence-corrected chi connectivity index (χ0v) is 11.9. The fourth-order valence-electron chi connectivity index (χ4n) is 1.35. The maximum absolute atomic E-state index is 12.0. The fraction of sp³-hybridized carbons (Fsp3) is 0.667. The van der Waals surface area contributed by atoms with Crippen LogP contribution in [0.2, 0.25) is 5.15 Å². The molecule has 0 radical (unpaired) electrons. The number of alkyl halides is 3. The highest BCUT2D eigenvalue weighted by molar-refractivity contribution is 6.29. The van der Waals surface area contributed by atoms with Crippen LogP contribution in [-0.4, -0.2) is 22.7 Å². The SMILES string of the molecule is CC(C)(C)c1nc(Cl)cc(NCCCC(F)(F)F)n1. The summed E-state index contributed by atoms with van der Waals surface area (Å²) in [7, 11) is 0. The second-order valence-electron chi connectivity index (χ2n) is 5.30. The second-order valence-corrected chi connectivity index (χ2v) is 5.68. The predicted octanol–water partition coefficient (Wildman–Crippen LogP) is 4.18. The molecule has 3 nitrogen and oxygen atoms in total. The molecule has 0 aromatic carbocycles. The summed E-state index contributed by atoms with van der Waals surface area (Å²) < 4.78 is 36.0. The summed E-state index contributed by atoms with van der Waals surface area (Å²) in [6.07, 6.45) is -4.94. The van der Waals surface area contributed by atoms with E-state index < -0.39 is 12.6 Å². The number of aromatic nitrogens is 2. The molecule has 7 heteroatoms. The van der Waals surface area contributed by atoms with Gasteiger partial charge < -0.3 is 5.32 Å². The van der Waals surface area contributed by atoms with E-state index in [9.17, 15) is 13.2 Å². The summed E-state index contributed by atoms with van der Waals surface area (Å²) >= 11 is 5.87. The normalized spacial score (nSPS) is 12.6. The van der Waals surface area contributed by atoms with Crippen molar-refractivity contribution in [1.29, 1.82) is 0 Å². The molecule has 1 heterocycles. The number of rotatable bonds is 4. The third-order valence-corrected chi connectivity index (χ3v) is 2.50. The van der Waals surface area contributed by atoms with Gasteiger partial charge >= 0.3 is 6.18 Å². The minimum atomic E-state index is -4.12. The van der Waals surface area contributed by atoms with Crippen LogP contribution in [0.1, 0.15) is 39.4 Å². The molecule has 0 unspecified atom stereocenters. The zero-order valence-electron chi connectivity index (χ0n) is 11.1. The third kappa shape index (κ3) is 6.09. The zero-order chi connectivity index (χ0) is 14.7. The van der Waals surface area contributed by atoms with Crippen LogP contribution in [0.4, 0.5) is 19.0 Å². The molecule has 1 rings (SSSR count). The van der Waals surface area contributed by atoms with Gasteiger partial charge in [-0.15, -0.1) is 0 Å². The molecule has 1 N–H and O–H groups in total. The van der Waals surface area contributed by atoms with E-state index in [1.54, 1.807) is 0 Å². The monoisotopic (exact) mass is 295 g/mol. The van der Waals surface area contributed by atoms with Crippen LogP contribution in [0.15, 0.2) is 6.07 Å². The molecule has 0 saturated carbocycles. The minimum absolute atomic E-state index is 0.00399. The van der Waals surface area contributed by atoms with Gasteiger partial charge in [0.25, 0.3) is 0 Å². The Bertz CT molecular complexity index is 427. The van der Waals surface area contributed by atoms with Gasteiger partial charge in [-0.3, -0.25) is 0 Å². The van der Waals surface area contributed by atoms with E-state index >= 15 is 0 Å². The van der Waals surface area contributed by atoms with Crippen molar-refractivity contribution in [3.63, 3.8) is 0 Å². The summed E-state index contributed by atoms with van der Waals surface area (Å²) in [6, 6.07) is 1.50. The predicted molar refractivity (Wildman–Crippen MR) is 69.5 cm³/mol. The van der Waals surface area contributed by atoms with E-state index in [-0.39, 0.29) is 23.5 Å². The van der Waals surface area contributed by atoms with Gasteiger partial charge in [0.2, 0.25) is 0 Å². The van der Waals surface area contributed by atoms with E-state index in [4.69, 9.17) is 11.6 Å². The molecule has 0 atom stereocenters. The van der Waals surface area contributed by atoms with Crippen LogP contribution in [0, 0.1) is 0 Å². The van der Waals surface area contributed by atoms with Gasteiger partial charge in [0, 0.05) is 24.4 Å². The van der Waals surface area contributed by atoms with Crippen LogP contribution in [0.3, 0.4) is 0 Å². The van der Waals surface area contributed by atoms with Crippen molar-refractivity contribution in [2.75, 3.05) is 11.9 Å². The number of anilines is 1. The highest BCUT2D eigenvalue weighted by atomic mass is 35.5. The quantitative estimate of drug-likeness (QED) is 0.669. The van der Waals surface area contributed by atoms with Gasteiger partial charge in [-0.25, -0.2) is 9.97 Å². The van der Waals surface area contributed by atoms with Crippen molar-refractivity contribution in [3.8, 4) is 0 Å². The van der Waals surface area contributed by atoms with E-state index in [2.05, 4.69) is 15.3 Å². The lowest BCUT2D eigenvalue weighted by Gasteiger charge is -2.17. The van der Waals surface area contributed by atoms with E-state index in [0.717, 1.165) is 0 Å². The number of hydrogen-bond acceptors (Lipinski definition) is 3. The molecule has 0 saturated heterocycles. The molecule has 108 valence electrons. The van der Waals surface area contributed by atoms with Crippen molar-refractivity contribution in [2.24, 2.45) is 0 Å². The Kier molecular flexibility index (Phi) is 5.01. The van der Waals surface area contributed by atoms with Crippen LogP contribution < -0.4 is 5.32 Å². The average Bonchev–Trinajstić information content (AvgIpc) is 2.21. The summed E-state index contributed by atoms with van der Waals surface area (Å²) in [6.45, 7) is 6.00. The largest absolute Gasteiger partial charge is 0.389 e. The molecule has 0 amide bonds. The van der Waals surface area contributed by atoms with Crippen molar-refractivity contribution in [2.45, 2.75) is 45.2 Å². The maximum Gasteiger partial charge on any atom is 0.389 e. The van der Waals surface area contributed by atoms with Gasteiger partial charge in [-0.05, 0) is 6.42 Å². The highest BCUT2D eigenvalue weighted by Crippen LogP contribution is 2.23. The molecular weight excluding hydrogens is 279 g/mol. The van der Waals surface area contributed by atoms with Crippen molar-refractivity contribution >= 4 is 17.4 Å². The Morgan fingerprint density at radius 1 is 1.21 bits per heavy atom. The number of nitrogens with zero attached hydrogens (tertiary/aromatic N) is 2. The second kappa shape index (κ2) is 5.94. The Balaban J connectivity index is 2.62. The molecule has 1 aromatic rings. The Hall–Kier alpha value is -1.04. The van der Waals surface area contributed by atoms with Crippen molar-refractivity contribution in [3.05, 3.63) is 17.0 Å². The van der Waals surface area contributed by atoms with Crippen molar-refractivity contribution < 1.29 is 13.2 Å². The Morgan fingerprint density at radius 3 is 2.37 bits per heavy atom. The topological polar surface area (TPSA) is 37.8 Å². The molecule has 0 aliphatic rings. The van der Waals surface area contributed by atoms with Crippen molar-refractivity contribution in [1.82, 2.24) is 9.97 Å². The first-order valence-electron chi connectivity index (χ1n) is 5.93. The summed E-state index contributed by atoms with van der Waals surface area (Å²) in [5.74, 6) is 1.01. The number of nitrogens with one attached hydrogen (secondary N) is 1. The summed E-state index contributed by atoms with van der Waals surface area (Å²) in [5, 5.41) is 3.11. The molecule has 0 spiro atoms. The maximum atomic E-state index is 12.0. The van der Waals surface area contributed by atoms with Gasteiger partial charge in [0.05, 0.1) is 0 Å². The first-order chi connectivity index (χ1) is 8.58. The fourth-order valence-corrected chi connectivity index (χ4v) is 1.53. The van der Waals surface area contributed by atoms with Gasteiger partial charge in [0.15, 0.2) is 0 Å². The lowest BCUT2D eigenvalue weighted by atomic mass is 9.96. The standard InChI is InChI=1S/C12H17ClF3N3/c1-11(2,3)10-18-8(13)7-9(19-10)17-6-4-5-12(14,15)16/h7H,4-6H2,1-3H3,(H,17,18,19). The van der Waals surface area contributed by atoms with E-state index in [0.29, 0.717) is 11.6 Å².